The van der Waals surface area contributed by atoms with Gasteiger partial charge in [0, 0.05) is 30.9 Å². The summed E-state index contributed by atoms with van der Waals surface area (Å²) in [5.74, 6) is 0.263. The van der Waals surface area contributed by atoms with Gasteiger partial charge in [-0.3, -0.25) is 4.79 Å². The van der Waals surface area contributed by atoms with Crippen molar-refractivity contribution in [2.75, 3.05) is 18.4 Å². The zero-order valence-corrected chi connectivity index (χ0v) is 18.6. The minimum atomic E-state index is -0.490. The first-order chi connectivity index (χ1) is 14.1. The topological polar surface area (TPSA) is 76.5 Å². The highest BCUT2D eigenvalue weighted by Gasteiger charge is 2.27. The molecule has 1 aliphatic heterocycles. The second kappa shape index (κ2) is 8.90. The summed E-state index contributed by atoms with van der Waals surface area (Å²) >= 11 is 0. The molecule has 7 heteroatoms. The molecule has 0 spiro atoms. The Morgan fingerprint density at radius 3 is 2.47 bits per heavy atom. The Hall–Kier alpha value is -2.83. The zero-order chi connectivity index (χ0) is 21.9. The van der Waals surface area contributed by atoms with E-state index in [0.717, 1.165) is 35.6 Å². The molecule has 0 aliphatic carbocycles. The molecular weight excluding hydrogens is 380 g/mol. The maximum absolute atomic E-state index is 12.6. The van der Waals surface area contributed by atoms with E-state index in [4.69, 9.17) is 4.74 Å². The van der Waals surface area contributed by atoms with Crippen molar-refractivity contribution in [1.29, 1.82) is 0 Å². The first kappa shape index (κ1) is 21.9. The normalized spacial score (nSPS) is 15.2. The van der Waals surface area contributed by atoms with Crippen LogP contribution in [0, 0.1) is 19.8 Å². The molecule has 0 unspecified atom stereocenters. The van der Waals surface area contributed by atoms with E-state index in [2.05, 4.69) is 10.4 Å². The number of aromatic nitrogens is 2. The standard InChI is InChI=1S/C23H32N4O3/c1-16-13-17(2)27(25-16)20-8-6-7-19(15-20)24-21(28)14-18-9-11-26(12-10-18)22(29)30-23(3,4)5/h6-8,13,15,18H,9-12,14H2,1-5H3,(H,24,28). The highest BCUT2D eigenvalue weighted by Crippen LogP contribution is 2.23. The molecule has 0 atom stereocenters. The van der Waals surface area contributed by atoms with Crippen molar-refractivity contribution in [2.45, 2.75) is 59.5 Å². The molecule has 2 heterocycles. The quantitative estimate of drug-likeness (QED) is 0.804. The number of benzene rings is 1. The van der Waals surface area contributed by atoms with E-state index in [9.17, 15) is 9.59 Å². The molecule has 0 radical (unpaired) electrons. The number of hydrogen-bond donors (Lipinski definition) is 1. The molecule has 1 fully saturated rings. The summed E-state index contributed by atoms with van der Waals surface area (Å²) in [5.41, 5.74) is 3.20. The molecule has 1 aliphatic rings. The fourth-order valence-electron chi connectivity index (χ4n) is 3.73. The van der Waals surface area contributed by atoms with E-state index < -0.39 is 5.60 Å². The summed E-state index contributed by atoms with van der Waals surface area (Å²) in [4.78, 5) is 26.5. The Morgan fingerprint density at radius 1 is 1.17 bits per heavy atom. The third kappa shape index (κ3) is 5.84. The first-order valence-electron chi connectivity index (χ1n) is 10.5. The summed E-state index contributed by atoms with van der Waals surface area (Å²) in [7, 11) is 0. The molecule has 30 heavy (non-hydrogen) atoms. The number of nitrogens with zero attached hydrogens (tertiary/aromatic N) is 3. The Labute approximate surface area is 178 Å². The van der Waals surface area contributed by atoms with Crippen molar-refractivity contribution in [3.05, 3.63) is 41.7 Å². The molecule has 1 aromatic carbocycles. The Kier molecular flexibility index (Phi) is 6.48. The average molecular weight is 413 g/mol. The number of piperidine rings is 1. The summed E-state index contributed by atoms with van der Waals surface area (Å²) < 4.78 is 7.30. The van der Waals surface area contributed by atoms with Crippen LogP contribution in [0.4, 0.5) is 10.5 Å². The lowest BCUT2D eigenvalue weighted by Gasteiger charge is -2.33. The first-order valence-corrected chi connectivity index (χ1v) is 10.5. The van der Waals surface area contributed by atoms with Crippen molar-refractivity contribution in [2.24, 2.45) is 5.92 Å². The van der Waals surface area contributed by atoms with Crippen LogP contribution >= 0.6 is 0 Å². The third-order valence-electron chi connectivity index (χ3n) is 5.12. The van der Waals surface area contributed by atoms with Gasteiger partial charge in [-0.05, 0) is 77.6 Å². The molecule has 3 rings (SSSR count). The second-order valence-electron chi connectivity index (χ2n) is 9.05. The highest BCUT2D eigenvalue weighted by molar-refractivity contribution is 5.91. The minimum absolute atomic E-state index is 0.00349. The van der Waals surface area contributed by atoms with Crippen LogP contribution in [0.25, 0.3) is 5.69 Å². The number of aryl methyl sites for hydroxylation is 2. The minimum Gasteiger partial charge on any atom is -0.444 e. The van der Waals surface area contributed by atoms with Crippen LogP contribution in [-0.2, 0) is 9.53 Å². The van der Waals surface area contributed by atoms with Crippen LogP contribution in [-0.4, -0.2) is 45.4 Å². The summed E-state index contributed by atoms with van der Waals surface area (Å²) in [5, 5.41) is 7.50. The average Bonchev–Trinajstić information content (AvgIpc) is 2.99. The molecule has 0 bridgehead atoms. The molecule has 0 saturated carbocycles. The predicted octanol–water partition coefficient (Wildman–Crippen LogP) is 4.46. The number of amides is 2. The summed E-state index contributed by atoms with van der Waals surface area (Å²) in [6, 6.07) is 9.73. The van der Waals surface area contributed by atoms with Crippen molar-refractivity contribution in [3.63, 3.8) is 0 Å². The van der Waals surface area contributed by atoms with E-state index in [-0.39, 0.29) is 17.9 Å². The van der Waals surface area contributed by atoms with Crippen molar-refractivity contribution in [3.8, 4) is 5.69 Å². The Bertz CT molecular complexity index is 905. The monoisotopic (exact) mass is 412 g/mol. The number of carbonyl (C=O) groups excluding carboxylic acids is 2. The van der Waals surface area contributed by atoms with E-state index in [0.29, 0.717) is 19.5 Å². The highest BCUT2D eigenvalue weighted by atomic mass is 16.6. The largest absolute Gasteiger partial charge is 0.444 e. The third-order valence-corrected chi connectivity index (χ3v) is 5.12. The Morgan fingerprint density at radius 2 is 1.87 bits per heavy atom. The van der Waals surface area contributed by atoms with Gasteiger partial charge in [0.1, 0.15) is 5.60 Å². The van der Waals surface area contributed by atoms with Gasteiger partial charge in [0.25, 0.3) is 0 Å². The fraction of sp³-hybridized carbons (Fsp3) is 0.522. The zero-order valence-electron chi connectivity index (χ0n) is 18.6. The molecule has 162 valence electrons. The summed E-state index contributed by atoms with van der Waals surface area (Å²) in [6.07, 6.45) is 1.79. The fourth-order valence-corrected chi connectivity index (χ4v) is 3.73. The van der Waals surface area contributed by atoms with Crippen LogP contribution in [0.5, 0.6) is 0 Å². The van der Waals surface area contributed by atoms with Crippen LogP contribution in [0.1, 0.15) is 51.4 Å². The van der Waals surface area contributed by atoms with E-state index in [1.165, 1.54) is 0 Å². The van der Waals surface area contributed by atoms with Gasteiger partial charge >= 0.3 is 6.09 Å². The number of rotatable bonds is 4. The molecule has 1 N–H and O–H groups in total. The molecular formula is C23H32N4O3. The van der Waals surface area contributed by atoms with Crippen molar-refractivity contribution < 1.29 is 14.3 Å². The van der Waals surface area contributed by atoms with Gasteiger partial charge in [0.05, 0.1) is 11.4 Å². The number of likely N-dealkylation sites (tertiary alicyclic amines) is 1. The van der Waals surface area contributed by atoms with Gasteiger partial charge in [-0.15, -0.1) is 0 Å². The molecule has 1 saturated heterocycles. The maximum Gasteiger partial charge on any atom is 0.410 e. The smallest absolute Gasteiger partial charge is 0.410 e. The van der Waals surface area contributed by atoms with Crippen LogP contribution in [0.3, 0.4) is 0 Å². The van der Waals surface area contributed by atoms with Gasteiger partial charge in [-0.2, -0.15) is 5.10 Å². The lowest BCUT2D eigenvalue weighted by atomic mass is 9.93. The van der Waals surface area contributed by atoms with Crippen LogP contribution < -0.4 is 5.32 Å². The van der Waals surface area contributed by atoms with Gasteiger partial charge in [-0.25, -0.2) is 9.48 Å². The summed E-state index contributed by atoms with van der Waals surface area (Å²) in [6.45, 7) is 10.8. The van der Waals surface area contributed by atoms with Crippen molar-refractivity contribution >= 4 is 17.7 Å². The second-order valence-corrected chi connectivity index (χ2v) is 9.05. The molecule has 2 amide bonds. The van der Waals surface area contributed by atoms with Gasteiger partial charge in [0.2, 0.25) is 5.91 Å². The lowest BCUT2D eigenvalue weighted by Crippen LogP contribution is -2.42. The number of hydrogen-bond acceptors (Lipinski definition) is 4. The van der Waals surface area contributed by atoms with E-state index in [1.54, 1.807) is 4.90 Å². The van der Waals surface area contributed by atoms with E-state index in [1.807, 2.05) is 69.6 Å². The van der Waals surface area contributed by atoms with Gasteiger partial charge in [0.15, 0.2) is 0 Å². The number of anilines is 1. The van der Waals surface area contributed by atoms with Crippen molar-refractivity contribution in [1.82, 2.24) is 14.7 Å². The van der Waals surface area contributed by atoms with Crippen LogP contribution in [0.2, 0.25) is 0 Å². The Balaban J connectivity index is 1.52. The van der Waals surface area contributed by atoms with Gasteiger partial charge in [-0.1, -0.05) is 6.07 Å². The van der Waals surface area contributed by atoms with Gasteiger partial charge < -0.3 is 15.0 Å². The number of nitrogens with one attached hydrogen (secondary N) is 1. The molecule has 1 aromatic heterocycles. The molecule has 7 nitrogen and oxygen atoms in total. The predicted molar refractivity (Wildman–Crippen MR) is 117 cm³/mol. The van der Waals surface area contributed by atoms with Crippen LogP contribution in [0.15, 0.2) is 30.3 Å². The SMILES string of the molecule is Cc1cc(C)n(-c2cccc(NC(=O)CC3CCN(C(=O)OC(C)(C)C)CC3)c2)n1. The molecule has 2 aromatic rings. The van der Waals surface area contributed by atoms with E-state index >= 15 is 0 Å². The lowest BCUT2D eigenvalue weighted by molar-refractivity contribution is -0.117. The number of ether oxygens (including phenoxy) is 1. The number of carbonyl (C=O) groups is 2. The maximum atomic E-state index is 12.6.